The molecule has 0 aliphatic heterocycles. The first-order valence-corrected chi connectivity index (χ1v) is 8.77. The Morgan fingerprint density at radius 3 is 2.79 bits per heavy atom. The number of nitrogens with one attached hydrogen (secondary N) is 2. The molecule has 3 aromatic rings. The molecular weight excluding hydrogens is 428 g/mol. The number of ether oxygens (including phenoxy) is 1. The molecule has 3 rings (SSSR count). The van der Waals surface area contributed by atoms with Crippen LogP contribution >= 0.6 is 15.9 Å². The molecule has 0 aliphatic rings. The van der Waals surface area contributed by atoms with Gasteiger partial charge in [0.2, 0.25) is 17.7 Å². The molecule has 142 valence electrons. The van der Waals surface area contributed by atoms with Gasteiger partial charge in [0.05, 0.1) is 16.4 Å². The molecule has 1 heterocycles. The molecule has 0 spiro atoms. The number of nitrogens with zero attached hydrogens (tertiary/aromatic N) is 2. The van der Waals surface area contributed by atoms with E-state index in [4.69, 9.17) is 4.74 Å². The van der Waals surface area contributed by atoms with Crippen molar-refractivity contribution in [3.63, 3.8) is 0 Å². The number of benzene rings is 2. The highest BCUT2D eigenvalue weighted by molar-refractivity contribution is 9.10. The minimum absolute atomic E-state index is 0.148. The van der Waals surface area contributed by atoms with E-state index in [9.17, 15) is 15.0 Å². The van der Waals surface area contributed by atoms with Gasteiger partial charge in [0, 0.05) is 11.8 Å². The fraction of sp³-hybridized carbons (Fsp3) is 0. The van der Waals surface area contributed by atoms with Gasteiger partial charge in [0.15, 0.2) is 11.5 Å². The molecule has 0 saturated carbocycles. The van der Waals surface area contributed by atoms with Crippen molar-refractivity contribution in [1.82, 2.24) is 9.97 Å². The van der Waals surface area contributed by atoms with Gasteiger partial charge in [0.25, 0.3) is 0 Å². The third-order valence-electron chi connectivity index (χ3n) is 3.47. The Morgan fingerprint density at radius 1 is 1.21 bits per heavy atom. The molecule has 0 radical (unpaired) electrons. The summed E-state index contributed by atoms with van der Waals surface area (Å²) in [7, 11) is 0. The van der Waals surface area contributed by atoms with Crippen LogP contribution in [0.3, 0.4) is 0 Å². The predicted octanol–water partition coefficient (Wildman–Crippen LogP) is 4.31. The van der Waals surface area contributed by atoms with Crippen LogP contribution in [0, 0.1) is 0 Å². The lowest BCUT2D eigenvalue weighted by Gasteiger charge is -2.11. The Morgan fingerprint density at radius 2 is 2.00 bits per heavy atom. The lowest BCUT2D eigenvalue weighted by Crippen LogP contribution is -2.07. The third-order valence-corrected chi connectivity index (χ3v) is 4.02. The van der Waals surface area contributed by atoms with Crippen molar-refractivity contribution >= 4 is 39.2 Å². The van der Waals surface area contributed by atoms with Crippen LogP contribution in [0.1, 0.15) is 0 Å². The number of amides is 1. The summed E-state index contributed by atoms with van der Waals surface area (Å²) in [6.07, 6.45) is 2.65. The predicted molar refractivity (Wildman–Crippen MR) is 108 cm³/mol. The molecule has 1 aromatic heterocycles. The van der Waals surface area contributed by atoms with Gasteiger partial charge in [-0.05, 0) is 46.3 Å². The average molecular weight is 443 g/mol. The van der Waals surface area contributed by atoms with Crippen LogP contribution in [0.2, 0.25) is 0 Å². The van der Waals surface area contributed by atoms with Crippen LogP contribution < -0.4 is 15.4 Å². The molecule has 0 unspecified atom stereocenters. The van der Waals surface area contributed by atoms with Crippen molar-refractivity contribution in [3.05, 3.63) is 65.8 Å². The van der Waals surface area contributed by atoms with Gasteiger partial charge in [0.1, 0.15) is 5.75 Å². The highest BCUT2D eigenvalue weighted by atomic mass is 79.9. The molecule has 28 heavy (non-hydrogen) atoms. The number of carbonyl (C=O) groups is 1. The quantitative estimate of drug-likeness (QED) is 0.331. The largest absolute Gasteiger partial charge is 0.504 e. The number of aromatic hydroxyl groups is 2. The molecule has 2 aromatic carbocycles. The van der Waals surface area contributed by atoms with Gasteiger partial charge in [-0.25, -0.2) is 4.98 Å². The van der Waals surface area contributed by atoms with E-state index < -0.39 is 0 Å². The van der Waals surface area contributed by atoms with E-state index in [1.54, 1.807) is 36.4 Å². The van der Waals surface area contributed by atoms with E-state index in [1.165, 1.54) is 18.3 Å². The normalized spacial score (nSPS) is 10.2. The monoisotopic (exact) mass is 442 g/mol. The lowest BCUT2D eigenvalue weighted by atomic mass is 10.2. The number of halogens is 1. The van der Waals surface area contributed by atoms with Crippen LogP contribution in [0.25, 0.3) is 0 Å². The molecule has 0 aliphatic carbocycles. The summed E-state index contributed by atoms with van der Waals surface area (Å²) in [6.45, 7) is 3.41. The first-order valence-electron chi connectivity index (χ1n) is 7.98. The number of hydrogen-bond acceptors (Lipinski definition) is 7. The Balaban J connectivity index is 1.82. The van der Waals surface area contributed by atoms with Crippen molar-refractivity contribution in [2.45, 2.75) is 0 Å². The molecule has 1 amide bonds. The molecule has 8 nitrogen and oxygen atoms in total. The van der Waals surface area contributed by atoms with Crippen molar-refractivity contribution < 1.29 is 19.7 Å². The van der Waals surface area contributed by atoms with Crippen molar-refractivity contribution in [2.75, 3.05) is 10.6 Å². The summed E-state index contributed by atoms with van der Waals surface area (Å²) in [5.74, 6) is -0.121. The molecule has 0 saturated heterocycles. The second kappa shape index (κ2) is 8.40. The van der Waals surface area contributed by atoms with Gasteiger partial charge in [-0.1, -0.05) is 18.7 Å². The second-order valence-electron chi connectivity index (χ2n) is 5.47. The minimum Gasteiger partial charge on any atom is -0.504 e. The van der Waals surface area contributed by atoms with Crippen molar-refractivity contribution in [3.8, 4) is 23.1 Å². The Hall–Kier alpha value is -3.59. The van der Waals surface area contributed by atoms with Crippen LogP contribution in [-0.2, 0) is 4.79 Å². The fourth-order valence-corrected chi connectivity index (χ4v) is 2.45. The highest BCUT2D eigenvalue weighted by Gasteiger charge is 2.11. The third kappa shape index (κ3) is 4.57. The van der Waals surface area contributed by atoms with Gasteiger partial charge >= 0.3 is 0 Å². The maximum atomic E-state index is 11.4. The second-order valence-corrected chi connectivity index (χ2v) is 6.32. The van der Waals surface area contributed by atoms with Crippen LogP contribution in [0.4, 0.5) is 17.3 Å². The number of rotatable bonds is 6. The fourth-order valence-electron chi connectivity index (χ4n) is 2.18. The van der Waals surface area contributed by atoms with Crippen molar-refractivity contribution in [1.29, 1.82) is 0 Å². The van der Waals surface area contributed by atoms with E-state index in [0.717, 1.165) is 0 Å². The Bertz CT molecular complexity index is 1040. The maximum absolute atomic E-state index is 11.4. The first-order chi connectivity index (χ1) is 13.5. The Labute approximate surface area is 168 Å². The standard InChI is InChI=1S/C19H15BrN4O4/c1-2-16(26)22-11-5-3-6-12(9-11)28-18-13(20)10-21-19(24-18)23-14-7-4-8-15(25)17(14)27/h2-10,25,27H,1H2,(H,22,26)(H,21,23,24). The van der Waals surface area contributed by atoms with Gasteiger partial charge in [-0.15, -0.1) is 0 Å². The van der Waals surface area contributed by atoms with Gasteiger partial charge in [-0.3, -0.25) is 4.79 Å². The van der Waals surface area contributed by atoms with E-state index >= 15 is 0 Å². The zero-order valence-electron chi connectivity index (χ0n) is 14.4. The summed E-state index contributed by atoms with van der Waals surface area (Å²) in [4.78, 5) is 19.8. The van der Waals surface area contributed by atoms with Crippen LogP contribution in [-0.4, -0.2) is 26.1 Å². The molecule has 9 heteroatoms. The molecule has 0 fully saturated rings. The molecular formula is C19H15BrN4O4. The number of hydrogen-bond donors (Lipinski definition) is 4. The van der Waals surface area contributed by atoms with E-state index in [2.05, 4.69) is 43.1 Å². The number of anilines is 3. The Kier molecular flexibility index (Phi) is 5.75. The summed E-state index contributed by atoms with van der Waals surface area (Å²) >= 11 is 3.32. The van der Waals surface area contributed by atoms with Gasteiger partial charge < -0.3 is 25.6 Å². The van der Waals surface area contributed by atoms with Gasteiger partial charge in [-0.2, -0.15) is 4.98 Å². The summed E-state index contributed by atoms with van der Waals surface area (Å²) in [5.41, 5.74) is 0.776. The summed E-state index contributed by atoms with van der Waals surface area (Å²) in [6, 6.07) is 11.2. The zero-order chi connectivity index (χ0) is 20.1. The smallest absolute Gasteiger partial charge is 0.247 e. The number of phenols is 2. The number of phenolic OH excluding ortho intramolecular Hbond substituents is 2. The first kappa shape index (κ1) is 19.2. The van der Waals surface area contributed by atoms with E-state index in [-0.39, 0.29) is 34.9 Å². The summed E-state index contributed by atoms with van der Waals surface area (Å²) in [5, 5.41) is 24.9. The molecule has 0 bridgehead atoms. The van der Waals surface area contributed by atoms with E-state index in [0.29, 0.717) is 15.9 Å². The molecule has 4 N–H and O–H groups in total. The van der Waals surface area contributed by atoms with Crippen LogP contribution in [0.15, 0.2) is 65.8 Å². The SMILES string of the molecule is C=CC(=O)Nc1cccc(Oc2nc(Nc3cccc(O)c3O)ncc2Br)c1. The lowest BCUT2D eigenvalue weighted by molar-refractivity contribution is -0.111. The minimum atomic E-state index is -0.335. The number of para-hydroxylation sites is 1. The number of carbonyl (C=O) groups excluding carboxylic acids is 1. The zero-order valence-corrected chi connectivity index (χ0v) is 16.0. The van der Waals surface area contributed by atoms with Crippen molar-refractivity contribution in [2.24, 2.45) is 0 Å². The average Bonchev–Trinajstić information content (AvgIpc) is 2.68. The molecule has 0 atom stereocenters. The highest BCUT2D eigenvalue weighted by Crippen LogP contribution is 2.35. The topological polar surface area (TPSA) is 117 Å². The van der Waals surface area contributed by atoms with Crippen LogP contribution in [0.5, 0.6) is 23.1 Å². The summed E-state index contributed by atoms with van der Waals surface area (Å²) < 4.78 is 6.27. The van der Waals surface area contributed by atoms with E-state index in [1.807, 2.05) is 0 Å². The maximum Gasteiger partial charge on any atom is 0.247 e. The number of aromatic nitrogens is 2.